The normalized spacial score (nSPS) is 11.9. The van der Waals surface area contributed by atoms with Crippen molar-refractivity contribution in [3.8, 4) is 28.6 Å². The van der Waals surface area contributed by atoms with E-state index < -0.39 is 0 Å². The standard InChI is InChI=1S/C21H19N3O4/c1-14-2-4-15(5-3-14)17-7-9-20(24-23-17)26-11-10-22-21(25)16-6-8-18-19(12-16)28-13-27-18/h2-9,12H,10-11,13H2,1H3,(H,22,25). The minimum Gasteiger partial charge on any atom is -0.475 e. The van der Waals surface area contributed by atoms with E-state index in [1.165, 1.54) is 5.56 Å². The van der Waals surface area contributed by atoms with Crippen LogP contribution in [0, 0.1) is 6.92 Å². The first-order valence-corrected chi connectivity index (χ1v) is 8.90. The van der Waals surface area contributed by atoms with Crippen LogP contribution in [-0.2, 0) is 0 Å². The van der Waals surface area contributed by atoms with E-state index in [0.717, 1.165) is 11.3 Å². The lowest BCUT2D eigenvalue weighted by Crippen LogP contribution is -2.28. The minimum atomic E-state index is -0.206. The molecule has 1 N–H and O–H groups in total. The smallest absolute Gasteiger partial charge is 0.251 e. The molecule has 0 saturated carbocycles. The first-order chi connectivity index (χ1) is 13.7. The number of carbonyl (C=O) groups is 1. The molecule has 1 aromatic heterocycles. The number of nitrogens with zero attached hydrogens (tertiary/aromatic N) is 2. The molecule has 2 aromatic carbocycles. The summed E-state index contributed by atoms with van der Waals surface area (Å²) in [6.07, 6.45) is 0. The molecular weight excluding hydrogens is 358 g/mol. The molecule has 7 nitrogen and oxygen atoms in total. The molecule has 4 rings (SSSR count). The van der Waals surface area contributed by atoms with E-state index in [4.69, 9.17) is 14.2 Å². The summed E-state index contributed by atoms with van der Waals surface area (Å²) in [5.41, 5.74) is 3.48. The Morgan fingerprint density at radius 2 is 1.86 bits per heavy atom. The number of hydrogen-bond acceptors (Lipinski definition) is 6. The molecule has 1 amide bonds. The third-order valence-electron chi connectivity index (χ3n) is 4.26. The lowest BCUT2D eigenvalue weighted by atomic mass is 10.1. The third kappa shape index (κ3) is 4.03. The number of rotatable bonds is 6. The minimum absolute atomic E-state index is 0.179. The largest absolute Gasteiger partial charge is 0.475 e. The first-order valence-electron chi connectivity index (χ1n) is 8.90. The van der Waals surface area contributed by atoms with Gasteiger partial charge in [0.2, 0.25) is 12.7 Å². The van der Waals surface area contributed by atoms with E-state index in [1.807, 2.05) is 37.3 Å². The molecule has 0 unspecified atom stereocenters. The van der Waals surface area contributed by atoms with Gasteiger partial charge in [-0.05, 0) is 31.2 Å². The van der Waals surface area contributed by atoms with Crippen LogP contribution in [0.1, 0.15) is 15.9 Å². The number of nitrogens with one attached hydrogen (secondary N) is 1. The van der Waals surface area contributed by atoms with Crippen molar-refractivity contribution < 1.29 is 19.0 Å². The molecule has 28 heavy (non-hydrogen) atoms. The summed E-state index contributed by atoms with van der Waals surface area (Å²) in [4.78, 5) is 12.2. The van der Waals surface area contributed by atoms with Gasteiger partial charge in [-0.3, -0.25) is 4.79 Å². The summed E-state index contributed by atoms with van der Waals surface area (Å²) in [6, 6.07) is 16.8. The fraction of sp³-hybridized carbons (Fsp3) is 0.190. The van der Waals surface area contributed by atoms with Crippen molar-refractivity contribution in [3.05, 3.63) is 65.7 Å². The number of carbonyl (C=O) groups excluding carboxylic acids is 1. The Kier molecular flexibility index (Phi) is 5.05. The Morgan fingerprint density at radius 3 is 2.64 bits per heavy atom. The summed E-state index contributed by atoms with van der Waals surface area (Å²) in [5.74, 6) is 1.43. The highest BCUT2D eigenvalue weighted by Gasteiger charge is 2.16. The van der Waals surface area contributed by atoms with Crippen LogP contribution < -0.4 is 19.5 Å². The van der Waals surface area contributed by atoms with Crippen molar-refractivity contribution >= 4 is 5.91 Å². The molecule has 7 heteroatoms. The topological polar surface area (TPSA) is 82.6 Å². The van der Waals surface area contributed by atoms with E-state index >= 15 is 0 Å². The Morgan fingerprint density at radius 1 is 1.04 bits per heavy atom. The molecule has 0 atom stereocenters. The van der Waals surface area contributed by atoms with E-state index in [0.29, 0.717) is 29.5 Å². The molecule has 0 radical (unpaired) electrons. The average Bonchev–Trinajstić information content (AvgIpc) is 3.20. The maximum absolute atomic E-state index is 12.2. The molecular formula is C21H19N3O4. The zero-order chi connectivity index (χ0) is 19.3. The number of aryl methyl sites for hydroxylation is 1. The molecule has 0 fully saturated rings. The molecule has 3 aromatic rings. The van der Waals surface area contributed by atoms with Crippen LogP contribution in [0.4, 0.5) is 0 Å². The van der Waals surface area contributed by atoms with Gasteiger partial charge in [0.25, 0.3) is 5.91 Å². The Hall–Kier alpha value is -3.61. The second-order valence-electron chi connectivity index (χ2n) is 6.30. The van der Waals surface area contributed by atoms with E-state index in [2.05, 4.69) is 15.5 Å². The van der Waals surface area contributed by atoms with Crippen LogP contribution in [0.3, 0.4) is 0 Å². The monoisotopic (exact) mass is 377 g/mol. The Balaban J connectivity index is 1.26. The van der Waals surface area contributed by atoms with Crippen molar-refractivity contribution in [1.82, 2.24) is 15.5 Å². The number of amides is 1. The van der Waals surface area contributed by atoms with Crippen LogP contribution >= 0.6 is 0 Å². The quantitative estimate of drug-likeness (QED) is 0.665. The zero-order valence-electron chi connectivity index (χ0n) is 15.3. The third-order valence-corrected chi connectivity index (χ3v) is 4.26. The van der Waals surface area contributed by atoms with Crippen LogP contribution in [0.25, 0.3) is 11.3 Å². The summed E-state index contributed by atoms with van der Waals surface area (Å²) in [7, 11) is 0. The van der Waals surface area contributed by atoms with Crippen LogP contribution in [0.15, 0.2) is 54.6 Å². The number of fused-ring (bicyclic) bond motifs is 1. The van der Waals surface area contributed by atoms with Gasteiger partial charge in [0.05, 0.1) is 12.2 Å². The lowest BCUT2D eigenvalue weighted by molar-refractivity contribution is 0.0946. The molecule has 1 aliphatic heterocycles. The van der Waals surface area contributed by atoms with Gasteiger partial charge in [-0.15, -0.1) is 10.2 Å². The van der Waals surface area contributed by atoms with E-state index in [9.17, 15) is 4.79 Å². The van der Waals surface area contributed by atoms with Crippen LogP contribution in [0.5, 0.6) is 17.4 Å². The average molecular weight is 377 g/mol. The van der Waals surface area contributed by atoms with Crippen molar-refractivity contribution in [3.63, 3.8) is 0 Å². The van der Waals surface area contributed by atoms with Gasteiger partial charge in [-0.2, -0.15) is 0 Å². The second-order valence-corrected chi connectivity index (χ2v) is 6.30. The highest BCUT2D eigenvalue weighted by Crippen LogP contribution is 2.32. The summed E-state index contributed by atoms with van der Waals surface area (Å²) in [5, 5.41) is 11.1. The Bertz CT molecular complexity index is 972. The highest BCUT2D eigenvalue weighted by molar-refractivity contribution is 5.94. The molecule has 142 valence electrons. The van der Waals surface area contributed by atoms with Gasteiger partial charge in [-0.1, -0.05) is 29.8 Å². The predicted molar refractivity (Wildman–Crippen MR) is 103 cm³/mol. The fourth-order valence-electron chi connectivity index (χ4n) is 2.74. The molecule has 2 heterocycles. The van der Waals surface area contributed by atoms with Gasteiger partial charge in [-0.25, -0.2) is 0 Å². The van der Waals surface area contributed by atoms with Crippen molar-refractivity contribution in [1.29, 1.82) is 0 Å². The molecule has 0 spiro atoms. The SMILES string of the molecule is Cc1ccc(-c2ccc(OCCNC(=O)c3ccc4c(c3)OCO4)nn2)cc1. The zero-order valence-corrected chi connectivity index (χ0v) is 15.3. The summed E-state index contributed by atoms with van der Waals surface area (Å²) < 4.78 is 16.1. The summed E-state index contributed by atoms with van der Waals surface area (Å²) in [6.45, 7) is 2.85. The van der Waals surface area contributed by atoms with Crippen molar-refractivity contribution in [2.24, 2.45) is 0 Å². The fourth-order valence-corrected chi connectivity index (χ4v) is 2.74. The highest BCUT2D eigenvalue weighted by atomic mass is 16.7. The van der Waals surface area contributed by atoms with Gasteiger partial charge in [0.1, 0.15) is 6.61 Å². The molecule has 0 bridgehead atoms. The first kappa shape index (κ1) is 17.8. The summed E-state index contributed by atoms with van der Waals surface area (Å²) >= 11 is 0. The van der Waals surface area contributed by atoms with Gasteiger partial charge in [0.15, 0.2) is 11.5 Å². The number of benzene rings is 2. The molecule has 0 saturated heterocycles. The number of ether oxygens (including phenoxy) is 3. The maximum atomic E-state index is 12.2. The van der Waals surface area contributed by atoms with E-state index in [1.54, 1.807) is 24.3 Å². The number of aromatic nitrogens is 2. The molecule has 0 aliphatic carbocycles. The van der Waals surface area contributed by atoms with Gasteiger partial charge < -0.3 is 19.5 Å². The maximum Gasteiger partial charge on any atom is 0.251 e. The van der Waals surface area contributed by atoms with Crippen LogP contribution in [0.2, 0.25) is 0 Å². The Labute approximate surface area is 162 Å². The second kappa shape index (κ2) is 7.96. The predicted octanol–water partition coefficient (Wildman–Crippen LogP) is 2.99. The number of hydrogen-bond donors (Lipinski definition) is 1. The van der Waals surface area contributed by atoms with E-state index in [-0.39, 0.29) is 19.3 Å². The lowest BCUT2D eigenvalue weighted by Gasteiger charge is -2.08. The van der Waals surface area contributed by atoms with Crippen LogP contribution in [-0.4, -0.2) is 36.0 Å². The van der Waals surface area contributed by atoms with Gasteiger partial charge >= 0.3 is 0 Å². The van der Waals surface area contributed by atoms with Crippen molar-refractivity contribution in [2.45, 2.75) is 6.92 Å². The van der Waals surface area contributed by atoms with Gasteiger partial charge in [0, 0.05) is 17.2 Å². The van der Waals surface area contributed by atoms with Crippen molar-refractivity contribution in [2.75, 3.05) is 19.9 Å². The molecule has 1 aliphatic rings.